The highest BCUT2D eigenvalue weighted by molar-refractivity contribution is 6.07. The van der Waals surface area contributed by atoms with Gasteiger partial charge >= 0.3 is 0 Å². The zero-order valence-electron chi connectivity index (χ0n) is 16.8. The highest BCUT2D eigenvalue weighted by atomic mass is 19.1. The van der Waals surface area contributed by atoms with Crippen LogP contribution in [-0.4, -0.2) is 33.7 Å². The van der Waals surface area contributed by atoms with Gasteiger partial charge in [0.1, 0.15) is 35.4 Å². The molecule has 32 heavy (non-hydrogen) atoms. The van der Waals surface area contributed by atoms with E-state index in [1.807, 2.05) is 0 Å². The standard InChI is InChI=1S/C21H19FN6O4/c1-11(19(23)29)27-17-9-18(32-13-4-2-12(22)3-5-13)14(20(24)30)8-16(17)28-21(31)15-6-7-25-10-26-15/h2-11,27H,1H3,(H2,23,29)(H2,24,30)(H,28,31)/t11-/m0/s1. The molecule has 3 rings (SSSR count). The summed E-state index contributed by atoms with van der Waals surface area (Å²) in [5, 5.41) is 5.46. The highest BCUT2D eigenvalue weighted by Crippen LogP contribution is 2.35. The Balaban J connectivity index is 2.04. The van der Waals surface area contributed by atoms with E-state index in [1.54, 1.807) is 0 Å². The van der Waals surface area contributed by atoms with Gasteiger partial charge in [0.25, 0.3) is 11.8 Å². The molecule has 1 atom stereocenters. The van der Waals surface area contributed by atoms with Gasteiger partial charge in [0.05, 0.1) is 16.9 Å². The van der Waals surface area contributed by atoms with Crippen LogP contribution < -0.4 is 26.8 Å². The second kappa shape index (κ2) is 9.51. The molecule has 0 spiro atoms. The van der Waals surface area contributed by atoms with Crippen LogP contribution in [0.1, 0.15) is 27.8 Å². The molecule has 0 aliphatic rings. The number of nitrogens with one attached hydrogen (secondary N) is 2. The van der Waals surface area contributed by atoms with Gasteiger partial charge in [-0.25, -0.2) is 14.4 Å². The van der Waals surface area contributed by atoms with Crippen molar-refractivity contribution in [1.82, 2.24) is 9.97 Å². The average molecular weight is 438 g/mol. The minimum Gasteiger partial charge on any atom is -0.456 e. The molecular weight excluding hydrogens is 419 g/mol. The number of hydrogen-bond acceptors (Lipinski definition) is 7. The first-order valence-electron chi connectivity index (χ1n) is 9.29. The van der Waals surface area contributed by atoms with Crippen molar-refractivity contribution in [1.29, 1.82) is 0 Å². The van der Waals surface area contributed by atoms with E-state index in [9.17, 15) is 18.8 Å². The summed E-state index contributed by atoms with van der Waals surface area (Å²) < 4.78 is 18.9. The molecule has 164 valence electrons. The quantitative estimate of drug-likeness (QED) is 0.418. The van der Waals surface area contributed by atoms with Crippen LogP contribution in [-0.2, 0) is 4.79 Å². The maximum absolute atomic E-state index is 13.2. The molecule has 0 aliphatic heterocycles. The molecule has 0 saturated carbocycles. The molecule has 2 aromatic carbocycles. The molecule has 1 heterocycles. The molecule has 10 nitrogen and oxygen atoms in total. The zero-order valence-corrected chi connectivity index (χ0v) is 16.8. The lowest BCUT2D eigenvalue weighted by atomic mass is 10.1. The van der Waals surface area contributed by atoms with E-state index in [0.717, 1.165) is 0 Å². The largest absolute Gasteiger partial charge is 0.456 e. The summed E-state index contributed by atoms with van der Waals surface area (Å²) in [7, 11) is 0. The monoisotopic (exact) mass is 438 g/mol. The molecule has 3 aromatic rings. The van der Waals surface area contributed by atoms with Crippen LogP contribution in [0, 0.1) is 5.82 Å². The van der Waals surface area contributed by atoms with E-state index in [2.05, 4.69) is 20.6 Å². The lowest BCUT2D eigenvalue weighted by Crippen LogP contribution is -2.33. The van der Waals surface area contributed by atoms with Crippen molar-refractivity contribution in [2.45, 2.75) is 13.0 Å². The Hall–Kier alpha value is -4.54. The van der Waals surface area contributed by atoms with Gasteiger partial charge in [-0.2, -0.15) is 0 Å². The average Bonchev–Trinajstić information content (AvgIpc) is 2.77. The maximum atomic E-state index is 13.2. The van der Waals surface area contributed by atoms with Crippen molar-refractivity contribution in [3.8, 4) is 11.5 Å². The third-order valence-corrected chi connectivity index (χ3v) is 4.29. The molecule has 0 radical (unpaired) electrons. The van der Waals surface area contributed by atoms with Crippen LogP contribution >= 0.6 is 0 Å². The van der Waals surface area contributed by atoms with E-state index >= 15 is 0 Å². The number of benzene rings is 2. The lowest BCUT2D eigenvalue weighted by Gasteiger charge is -2.19. The van der Waals surface area contributed by atoms with Crippen molar-refractivity contribution in [2.75, 3.05) is 10.6 Å². The number of carbonyl (C=O) groups is 3. The third kappa shape index (κ3) is 5.33. The van der Waals surface area contributed by atoms with Crippen LogP contribution in [0.2, 0.25) is 0 Å². The van der Waals surface area contributed by atoms with Crippen LogP contribution in [0.5, 0.6) is 11.5 Å². The Kier molecular flexibility index (Phi) is 6.59. The topological polar surface area (TPSA) is 162 Å². The van der Waals surface area contributed by atoms with Gasteiger partial charge in [-0.1, -0.05) is 0 Å². The summed E-state index contributed by atoms with van der Waals surface area (Å²) in [6.45, 7) is 1.51. The smallest absolute Gasteiger partial charge is 0.274 e. The predicted octanol–water partition coefficient (Wildman–Crippen LogP) is 2.04. The van der Waals surface area contributed by atoms with Crippen molar-refractivity contribution in [2.24, 2.45) is 11.5 Å². The lowest BCUT2D eigenvalue weighted by molar-refractivity contribution is -0.118. The molecule has 0 unspecified atom stereocenters. The molecule has 1 aromatic heterocycles. The van der Waals surface area contributed by atoms with Crippen molar-refractivity contribution < 1.29 is 23.5 Å². The minimum absolute atomic E-state index is 0.0170. The number of aromatic nitrogens is 2. The first-order chi connectivity index (χ1) is 15.2. The fourth-order valence-corrected chi connectivity index (χ4v) is 2.62. The number of halogens is 1. The van der Waals surface area contributed by atoms with E-state index in [0.29, 0.717) is 0 Å². The normalized spacial score (nSPS) is 11.3. The molecule has 0 saturated heterocycles. The molecule has 3 amide bonds. The van der Waals surface area contributed by atoms with Crippen molar-refractivity contribution in [3.05, 3.63) is 72.1 Å². The number of hydrogen-bond donors (Lipinski definition) is 4. The van der Waals surface area contributed by atoms with Gasteiger partial charge < -0.3 is 26.8 Å². The van der Waals surface area contributed by atoms with Gasteiger partial charge in [0.15, 0.2) is 0 Å². The Morgan fingerprint density at radius 3 is 2.38 bits per heavy atom. The fraction of sp³-hybridized carbons (Fsp3) is 0.0952. The fourth-order valence-electron chi connectivity index (χ4n) is 2.62. The summed E-state index contributed by atoms with van der Waals surface area (Å²) in [6.07, 6.45) is 2.60. The number of nitrogens with zero attached hydrogens (tertiary/aromatic N) is 2. The van der Waals surface area contributed by atoms with E-state index < -0.39 is 29.6 Å². The number of primary amides is 2. The van der Waals surface area contributed by atoms with Gasteiger partial charge in [-0.3, -0.25) is 14.4 Å². The third-order valence-electron chi connectivity index (χ3n) is 4.29. The van der Waals surface area contributed by atoms with E-state index in [-0.39, 0.29) is 34.1 Å². The minimum atomic E-state index is -0.839. The predicted molar refractivity (Wildman–Crippen MR) is 114 cm³/mol. The van der Waals surface area contributed by atoms with Crippen molar-refractivity contribution in [3.63, 3.8) is 0 Å². The van der Waals surface area contributed by atoms with Gasteiger partial charge in [0.2, 0.25) is 5.91 Å². The summed E-state index contributed by atoms with van der Waals surface area (Å²) in [4.78, 5) is 43.8. The van der Waals surface area contributed by atoms with Crippen LogP contribution in [0.3, 0.4) is 0 Å². The van der Waals surface area contributed by atoms with Gasteiger partial charge in [-0.15, -0.1) is 0 Å². The SMILES string of the molecule is C[C@H](Nc1cc(Oc2ccc(F)cc2)c(C(N)=O)cc1NC(=O)c1ccncn1)C(N)=O. The van der Waals surface area contributed by atoms with E-state index in [4.69, 9.17) is 16.2 Å². The zero-order chi connectivity index (χ0) is 23.3. The highest BCUT2D eigenvalue weighted by Gasteiger charge is 2.20. The van der Waals surface area contributed by atoms with Crippen LogP contribution in [0.4, 0.5) is 15.8 Å². The molecule has 0 bridgehead atoms. The number of rotatable bonds is 8. The number of nitrogens with two attached hydrogens (primary N) is 2. The Morgan fingerprint density at radius 2 is 1.78 bits per heavy atom. The Labute approximate surface area is 181 Å². The number of anilines is 2. The summed E-state index contributed by atoms with van der Waals surface area (Å²) in [5.41, 5.74) is 11.2. The molecule has 0 aliphatic carbocycles. The second-order valence-corrected chi connectivity index (χ2v) is 6.63. The number of carbonyl (C=O) groups excluding carboxylic acids is 3. The molecule has 0 fully saturated rings. The molecule has 11 heteroatoms. The van der Waals surface area contributed by atoms with Gasteiger partial charge in [0, 0.05) is 12.3 Å². The Bertz CT molecular complexity index is 1150. The van der Waals surface area contributed by atoms with Crippen LogP contribution in [0.15, 0.2) is 55.0 Å². The van der Waals surface area contributed by atoms with Crippen LogP contribution in [0.25, 0.3) is 0 Å². The Morgan fingerprint density at radius 1 is 1.06 bits per heavy atom. The summed E-state index contributed by atoms with van der Waals surface area (Å²) in [5.74, 6) is -2.30. The maximum Gasteiger partial charge on any atom is 0.274 e. The summed E-state index contributed by atoms with van der Waals surface area (Å²) >= 11 is 0. The van der Waals surface area contributed by atoms with Crippen molar-refractivity contribution >= 4 is 29.1 Å². The first kappa shape index (κ1) is 22.2. The van der Waals surface area contributed by atoms with E-state index in [1.165, 1.54) is 61.9 Å². The van der Waals surface area contributed by atoms with Gasteiger partial charge in [-0.05, 0) is 43.3 Å². The molecular formula is C21H19FN6O4. The second-order valence-electron chi connectivity index (χ2n) is 6.63. The number of ether oxygens (including phenoxy) is 1. The molecule has 6 N–H and O–H groups in total. The first-order valence-corrected chi connectivity index (χ1v) is 9.29. The summed E-state index contributed by atoms with van der Waals surface area (Å²) in [6, 6.07) is 8.33. The number of amides is 3.